The first-order valence-electron chi connectivity index (χ1n) is 7.23. The summed E-state index contributed by atoms with van der Waals surface area (Å²) >= 11 is 3.00. The number of amides is 1. The Morgan fingerprint density at radius 2 is 2.22 bits per heavy atom. The van der Waals surface area contributed by atoms with Crippen molar-refractivity contribution in [1.29, 1.82) is 0 Å². The number of nitrogens with one attached hydrogen (secondary N) is 1. The highest BCUT2D eigenvalue weighted by atomic mass is 32.2. The van der Waals surface area contributed by atoms with Crippen LogP contribution in [0.1, 0.15) is 23.7 Å². The van der Waals surface area contributed by atoms with Gasteiger partial charge in [-0.25, -0.2) is 4.98 Å². The van der Waals surface area contributed by atoms with Crippen LogP contribution in [-0.4, -0.2) is 27.9 Å². The van der Waals surface area contributed by atoms with E-state index < -0.39 is 10.8 Å². The Bertz CT molecular complexity index is 869. The van der Waals surface area contributed by atoms with Crippen molar-refractivity contribution in [2.45, 2.75) is 17.6 Å². The molecule has 0 saturated heterocycles. The number of thiophene rings is 2. The predicted molar refractivity (Wildman–Crippen MR) is 97.9 cm³/mol. The molecule has 0 aliphatic rings. The van der Waals surface area contributed by atoms with Crippen molar-refractivity contribution < 1.29 is 9.00 Å². The van der Waals surface area contributed by atoms with Gasteiger partial charge in [0.15, 0.2) is 0 Å². The summed E-state index contributed by atoms with van der Waals surface area (Å²) in [5.74, 6) is 0.473. The van der Waals surface area contributed by atoms with Crippen LogP contribution in [0.5, 0.6) is 0 Å². The van der Waals surface area contributed by atoms with Gasteiger partial charge in [-0.1, -0.05) is 13.0 Å². The van der Waals surface area contributed by atoms with Gasteiger partial charge < -0.3 is 5.32 Å². The number of carbonyl (C=O) groups excluding carboxylic acids is 1. The third kappa shape index (κ3) is 3.22. The topological polar surface area (TPSA) is 59.1 Å². The van der Waals surface area contributed by atoms with Crippen molar-refractivity contribution in [3.05, 3.63) is 35.2 Å². The van der Waals surface area contributed by atoms with Crippen LogP contribution in [0.25, 0.3) is 20.8 Å². The third-order valence-electron chi connectivity index (χ3n) is 3.34. The largest absolute Gasteiger partial charge is 0.355 e. The van der Waals surface area contributed by atoms with E-state index in [4.69, 9.17) is 0 Å². The van der Waals surface area contributed by atoms with Crippen LogP contribution in [-0.2, 0) is 10.8 Å². The Morgan fingerprint density at radius 3 is 2.87 bits per heavy atom. The number of nitrogens with zero attached hydrogens (tertiary/aromatic N) is 1. The van der Waals surface area contributed by atoms with E-state index in [1.807, 2.05) is 36.6 Å². The number of pyridine rings is 1. The second kappa shape index (κ2) is 6.90. The molecule has 7 heteroatoms. The standard InChI is InChI=1S/C16H16N2O2S3/c1-3-7-23(20)14-9-11-10(15(19)17-2)8-12(18-16(11)22-14)13-5-4-6-21-13/h4-6,8-9H,3,7H2,1-2H3,(H,17,19). The molecule has 3 aromatic heterocycles. The van der Waals surface area contributed by atoms with Crippen molar-refractivity contribution >= 4 is 49.6 Å². The molecule has 0 bridgehead atoms. The molecule has 1 unspecified atom stereocenters. The van der Waals surface area contributed by atoms with Crippen LogP contribution in [0.4, 0.5) is 0 Å². The fraction of sp³-hybridized carbons (Fsp3) is 0.250. The predicted octanol–water partition coefficient (Wildman–Crippen LogP) is 3.90. The van der Waals surface area contributed by atoms with Gasteiger partial charge in [0.1, 0.15) is 4.83 Å². The van der Waals surface area contributed by atoms with Gasteiger partial charge in [-0.3, -0.25) is 9.00 Å². The van der Waals surface area contributed by atoms with Crippen LogP contribution >= 0.6 is 22.7 Å². The first-order valence-corrected chi connectivity index (χ1v) is 10.2. The molecule has 1 N–H and O–H groups in total. The van der Waals surface area contributed by atoms with E-state index in [2.05, 4.69) is 10.3 Å². The molecule has 0 aliphatic heterocycles. The van der Waals surface area contributed by atoms with Gasteiger partial charge in [-0.05, 0) is 30.0 Å². The molecule has 0 saturated carbocycles. The van der Waals surface area contributed by atoms with Gasteiger partial charge >= 0.3 is 0 Å². The summed E-state index contributed by atoms with van der Waals surface area (Å²) in [6, 6.07) is 7.60. The molecule has 1 atom stereocenters. The van der Waals surface area contributed by atoms with Gasteiger partial charge in [-0.2, -0.15) is 0 Å². The molecular formula is C16H16N2O2S3. The average Bonchev–Trinajstić information content (AvgIpc) is 3.22. The Hall–Kier alpha value is -1.57. The number of carbonyl (C=O) groups is 1. The lowest BCUT2D eigenvalue weighted by atomic mass is 10.1. The zero-order valence-electron chi connectivity index (χ0n) is 12.8. The Labute approximate surface area is 145 Å². The first kappa shape index (κ1) is 16.3. The van der Waals surface area contributed by atoms with Crippen LogP contribution in [0.3, 0.4) is 0 Å². The molecule has 3 aromatic rings. The minimum Gasteiger partial charge on any atom is -0.355 e. The molecule has 4 nitrogen and oxygen atoms in total. The molecule has 3 rings (SSSR count). The minimum absolute atomic E-state index is 0.152. The van der Waals surface area contributed by atoms with Gasteiger partial charge in [0, 0.05) is 18.2 Å². The second-order valence-electron chi connectivity index (χ2n) is 4.95. The highest BCUT2D eigenvalue weighted by Crippen LogP contribution is 2.33. The number of fused-ring (bicyclic) bond motifs is 1. The van der Waals surface area contributed by atoms with Gasteiger partial charge in [0.05, 0.1) is 31.1 Å². The summed E-state index contributed by atoms with van der Waals surface area (Å²) in [6.07, 6.45) is 0.858. The first-order chi connectivity index (χ1) is 11.1. The zero-order valence-corrected chi connectivity index (χ0v) is 15.2. The lowest BCUT2D eigenvalue weighted by molar-refractivity contribution is 0.0964. The van der Waals surface area contributed by atoms with Crippen LogP contribution in [0.2, 0.25) is 0 Å². The second-order valence-corrected chi connectivity index (χ2v) is 8.72. The normalized spacial score (nSPS) is 12.4. The van der Waals surface area contributed by atoms with Crippen LogP contribution in [0.15, 0.2) is 33.9 Å². The van der Waals surface area contributed by atoms with E-state index in [9.17, 15) is 9.00 Å². The maximum atomic E-state index is 12.3. The summed E-state index contributed by atoms with van der Waals surface area (Å²) in [4.78, 5) is 18.7. The number of hydrogen-bond acceptors (Lipinski definition) is 5. The number of hydrogen-bond donors (Lipinski definition) is 1. The minimum atomic E-state index is -1.03. The molecule has 23 heavy (non-hydrogen) atoms. The van der Waals surface area contributed by atoms with Crippen molar-refractivity contribution in [2.75, 3.05) is 12.8 Å². The van der Waals surface area contributed by atoms with Crippen molar-refractivity contribution in [2.24, 2.45) is 0 Å². The smallest absolute Gasteiger partial charge is 0.251 e. The fourth-order valence-corrected chi connectivity index (χ4v) is 5.42. The number of rotatable bonds is 5. The highest BCUT2D eigenvalue weighted by molar-refractivity contribution is 7.87. The summed E-state index contributed by atoms with van der Waals surface area (Å²) < 4.78 is 13.1. The van der Waals surface area contributed by atoms with E-state index >= 15 is 0 Å². The molecule has 3 heterocycles. The van der Waals surface area contributed by atoms with Crippen molar-refractivity contribution in [3.63, 3.8) is 0 Å². The lowest BCUT2D eigenvalue weighted by Crippen LogP contribution is -2.18. The summed E-state index contributed by atoms with van der Waals surface area (Å²) in [7, 11) is 0.580. The maximum absolute atomic E-state index is 12.3. The van der Waals surface area contributed by atoms with Crippen LogP contribution in [0, 0.1) is 0 Å². The molecule has 0 fully saturated rings. The van der Waals surface area contributed by atoms with Crippen LogP contribution < -0.4 is 5.32 Å². The van der Waals surface area contributed by atoms with Gasteiger partial charge in [-0.15, -0.1) is 22.7 Å². The van der Waals surface area contributed by atoms with Gasteiger partial charge in [0.25, 0.3) is 5.91 Å². The molecule has 0 radical (unpaired) electrons. The molecule has 0 aliphatic carbocycles. The molecular weight excluding hydrogens is 348 g/mol. The molecule has 0 spiro atoms. The van der Waals surface area contributed by atoms with Crippen molar-refractivity contribution in [1.82, 2.24) is 10.3 Å². The summed E-state index contributed by atoms with van der Waals surface area (Å²) in [6.45, 7) is 2.01. The maximum Gasteiger partial charge on any atom is 0.251 e. The van der Waals surface area contributed by atoms with Crippen molar-refractivity contribution in [3.8, 4) is 10.6 Å². The SMILES string of the molecule is CCCS(=O)c1cc2c(C(=O)NC)cc(-c3cccs3)nc2s1. The van der Waals surface area contributed by atoms with Gasteiger partial charge in [0.2, 0.25) is 0 Å². The van der Waals surface area contributed by atoms with E-state index in [1.54, 1.807) is 18.4 Å². The molecule has 0 aromatic carbocycles. The van der Waals surface area contributed by atoms with E-state index in [-0.39, 0.29) is 5.91 Å². The quantitative estimate of drug-likeness (QED) is 0.747. The summed E-state index contributed by atoms with van der Waals surface area (Å²) in [5, 5.41) is 5.43. The highest BCUT2D eigenvalue weighted by Gasteiger charge is 2.18. The van der Waals surface area contributed by atoms with E-state index in [0.717, 1.165) is 31.4 Å². The Morgan fingerprint density at radius 1 is 1.39 bits per heavy atom. The number of aromatic nitrogens is 1. The zero-order chi connectivity index (χ0) is 16.4. The summed E-state index contributed by atoms with van der Waals surface area (Å²) in [5.41, 5.74) is 1.36. The lowest BCUT2D eigenvalue weighted by Gasteiger charge is -2.04. The van der Waals surface area contributed by atoms with E-state index in [1.165, 1.54) is 11.3 Å². The van der Waals surface area contributed by atoms with E-state index in [0.29, 0.717) is 11.3 Å². The molecule has 120 valence electrons. The fourth-order valence-electron chi connectivity index (χ4n) is 2.26. The average molecular weight is 365 g/mol. The monoisotopic (exact) mass is 364 g/mol. The Balaban J connectivity index is 2.19. The molecule has 1 amide bonds. The Kier molecular flexibility index (Phi) is 4.89. The third-order valence-corrected chi connectivity index (χ3v) is 7.21.